The summed E-state index contributed by atoms with van der Waals surface area (Å²) in [5, 5.41) is 2.89. The van der Waals surface area contributed by atoms with Gasteiger partial charge in [-0.2, -0.15) is 0 Å². The minimum Gasteiger partial charge on any atom is -0.493 e. The summed E-state index contributed by atoms with van der Waals surface area (Å²) in [5.74, 6) is 0.700. The lowest BCUT2D eigenvalue weighted by molar-refractivity contribution is -0.150. The number of rotatable bonds is 10. The molecule has 1 N–H and O–H groups in total. The molecule has 0 saturated heterocycles. The topological polar surface area (TPSA) is 91.7 Å². The van der Waals surface area contributed by atoms with Gasteiger partial charge in [-0.3, -0.25) is 9.59 Å². The summed E-state index contributed by atoms with van der Waals surface area (Å²) in [6.45, 7) is 4.31. The Labute approximate surface area is 193 Å². The lowest BCUT2D eigenvalue weighted by Gasteiger charge is -2.28. The van der Waals surface area contributed by atoms with Gasteiger partial charge in [0.2, 0.25) is 5.91 Å². The number of carbonyl (C=O) groups is 2. The monoisotopic (exact) mass is 451 g/mol. The van der Waals surface area contributed by atoms with E-state index in [0.717, 1.165) is 11.1 Å². The zero-order valence-corrected chi connectivity index (χ0v) is 19.3. The van der Waals surface area contributed by atoms with Crippen LogP contribution in [0.2, 0.25) is 0 Å². The number of esters is 1. The first-order valence-corrected chi connectivity index (χ1v) is 10.6. The average Bonchev–Trinajstić information content (AvgIpc) is 3.32. The van der Waals surface area contributed by atoms with Crippen molar-refractivity contribution >= 4 is 17.6 Å². The van der Waals surface area contributed by atoms with Gasteiger partial charge in [0, 0.05) is 24.6 Å². The maximum absolute atomic E-state index is 12.8. The molecule has 0 bridgehead atoms. The second-order valence-electron chi connectivity index (χ2n) is 7.78. The van der Waals surface area contributed by atoms with Gasteiger partial charge in [0.1, 0.15) is 5.41 Å². The van der Waals surface area contributed by atoms with Crippen LogP contribution >= 0.6 is 0 Å². The molecular weight excluding hydrogens is 422 g/mol. The number of amides is 1. The highest BCUT2D eigenvalue weighted by atomic mass is 16.5. The average molecular weight is 452 g/mol. The van der Waals surface area contributed by atoms with Gasteiger partial charge in [0.25, 0.3) is 0 Å². The molecule has 8 heteroatoms. The van der Waals surface area contributed by atoms with Crippen molar-refractivity contribution in [3.05, 3.63) is 72.3 Å². The van der Waals surface area contributed by atoms with E-state index in [1.165, 1.54) is 0 Å². The molecule has 1 aromatic heterocycles. The van der Waals surface area contributed by atoms with E-state index >= 15 is 0 Å². The van der Waals surface area contributed by atoms with E-state index in [1.54, 1.807) is 64.1 Å². The van der Waals surface area contributed by atoms with E-state index < -0.39 is 5.41 Å². The fraction of sp³-hybridized carbons (Fsp3) is 0.320. The standard InChI is InChI=1S/C25H29N3O5/c1-5-33-24(30)25(2,16-28-13-12-26-17-28)19-7-9-20(10-8-19)27-23(29)15-18-6-11-21(31-3)22(14-18)32-4/h6-14,17H,5,15-16H2,1-4H3,(H,27,29). The highest BCUT2D eigenvalue weighted by molar-refractivity contribution is 5.92. The number of aromatic nitrogens is 2. The molecule has 174 valence electrons. The molecule has 0 aliphatic rings. The van der Waals surface area contributed by atoms with Crippen LogP contribution in [0.4, 0.5) is 5.69 Å². The smallest absolute Gasteiger partial charge is 0.318 e. The maximum Gasteiger partial charge on any atom is 0.318 e. The minimum absolute atomic E-state index is 0.165. The number of anilines is 1. The van der Waals surface area contributed by atoms with Gasteiger partial charge < -0.3 is 24.1 Å². The first-order valence-electron chi connectivity index (χ1n) is 10.6. The SMILES string of the molecule is CCOC(=O)C(C)(Cn1ccnc1)c1ccc(NC(=O)Cc2ccc(OC)c(OC)c2)cc1. The molecule has 0 aliphatic heterocycles. The van der Waals surface area contributed by atoms with Crippen molar-refractivity contribution in [2.75, 3.05) is 26.1 Å². The van der Waals surface area contributed by atoms with Crippen molar-refractivity contribution in [1.82, 2.24) is 9.55 Å². The van der Waals surface area contributed by atoms with E-state index in [4.69, 9.17) is 14.2 Å². The molecule has 1 amide bonds. The number of benzene rings is 2. The summed E-state index contributed by atoms with van der Waals surface area (Å²) in [7, 11) is 3.12. The molecule has 0 aliphatic carbocycles. The Hall–Kier alpha value is -3.81. The predicted octanol–water partition coefficient (Wildman–Crippen LogP) is 3.60. The van der Waals surface area contributed by atoms with Crippen LogP contribution in [-0.2, 0) is 32.7 Å². The maximum atomic E-state index is 12.8. The first kappa shape index (κ1) is 23.8. The van der Waals surface area contributed by atoms with E-state index in [-0.39, 0.29) is 18.3 Å². The number of nitrogens with zero attached hydrogens (tertiary/aromatic N) is 2. The van der Waals surface area contributed by atoms with Crippen molar-refractivity contribution < 1.29 is 23.8 Å². The summed E-state index contributed by atoms with van der Waals surface area (Å²) in [5.41, 5.74) is 1.32. The van der Waals surface area contributed by atoms with Crippen LogP contribution in [0.3, 0.4) is 0 Å². The highest BCUT2D eigenvalue weighted by Gasteiger charge is 2.37. The number of methoxy groups -OCH3 is 2. The van der Waals surface area contributed by atoms with Gasteiger partial charge in [-0.1, -0.05) is 18.2 Å². The Morgan fingerprint density at radius 3 is 2.39 bits per heavy atom. The highest BCUT2D eigenvalue weighted by Crippen LogP contribution is 2.30. The van der Waals surface area contributed by atoms with Crippen molar-refractivity contribution in [3.8, 4) is 11.5 Å². The van der Waals surface area contributed by atoms with Crippen LogP contribution in [-0.4, -0.2) is 42.3 Å². The van der Waals surface area contributed by atoms with E-state index in [2.05, 4.69) is 10.3 Å². The zero-order chi connectivity index (χ0) is 23.8. The quantitative estimate of drug-likeness (QED) is 0.474. The Morgan fingerprint density at radius 1 is 1.06 bits per heavy atom. The molecule has 0 fully saturated rings. The lowest BCUT2D eigenvalue weighted by atomic mass is 9.82. The predicted molar refractivity (Wildman–Crippen MR) is 125 cm³/mol. The van der Waals surface area contributed by atoms with Crippen molar-refractivity contribution in [2.45, 2.75) is 32.2 Å². The first-order chi connectivity index (χ1) is 15.9. The zero-order valence-electron chi connectivity index (χ0n) is 19.3. The van der Waals surface area contributed by atoms with Crippen LogP contribution < -0.4 is 14.8 Å². The van der Waals surface area contributed by atoms with Crippen LogP contribution in [0, 0.1) is 0 Å². The summed E-state index contributed by atoms with van der Waals surface area (Å²) in [4.78, 5) is 29.4. The molecular formula is C25H29N3O5. The van der Waals surface area contributed by atoms with Gasteiger partial charge in [0.05, 0.1) is 33.6 Å². The number of hydrogen-bond donors (Lipinski definition) is 1. The van der Waals surface area contributed by atoms with Crippen molar-refractivity contribution in [3.63, 3.8) is 0 Å². The second-order valence-corrected chi connectivity index (χ2v) is 7.78. The molecule has 0 spiro atoms. The minimum atomic E-state index is -0.904. The van der Waals surface area contributed by atoms with Gasteiger partial charge in [0.15, 0.2) is 11.5 Å². The number of ether oxygens (including phenoxy) is 3. The van der Waals surface area contributed by atoms with Gasteiger partial charge in [-0.25, -0.2) is 4.98 Å². The van der Waals surface area contributed by atoms with Crippen molar-refractivity contribution in [1.29, 1.82) is 0 Å². The molecule has 1 unspecified atom stereocenters. The largest absolute Gasteiger partial charge is 0.493 e. The molecule has 0 saturated carbocycles. The summed E-state index contributed by atoms with van der Waals surface area (Å²) >= 11 is 0. The van der Waals surface area contributed by atoms with Gasteiger partial charge in [-0.15, -0.1) is 0 Å². The third-order valence-corrected chi connectivity index (χ3v) is 5.40. The van der Waals surface area contributed by atoms with Gasteiger partial charge >= 0.3 is 5.97 Å². The van der Waals surface area contributed by atoms with Crippen LogP contribution in [0.5, 0.6) is 11.5 Å². The third kappa shape index (κ3) is 5.71. The Bertz CT molecular complexity index is 1080. The second kappa shape index (κ2) is 10.7. The van der Waals surface area contributed by atoms with Crippen LogP contribution in [0.1, 0.15) is 25.0 Å². The lowest BCUT2D eigenvalue weighted by Crippen LogP contribution is -2.38. The molecule has 1 heterocycles. The molecule has 3 aromatic rings. The Morgan fingerprint density at radius 2 is 1.79 bits per heavy atom. The molecule has 3 rings (SSSR count). The van der Waals surface area contributed by atoms with E-state index in [1.807, 2.05) is 29.7 Å². The van der Waals surface area contributed by atoms with Crippen molar-refractivity contribution in [2.24, 2.45) is 0 Å². The van der Waals surface area contributed by atoms with E-state index in [0.29, 0.717) is 30.3 Å². The molecule has 8 nitrogen and oxygen atoms in total. The molecule has 33 heavy (non-hydrogen) atoms. The normalized spacial score (nSPS) is 12.5. The summed E-state index contributed by atoms with van der Waals surface area (Å²) < 4.78 is 17.7. The Balaban J connectivity index is 1.72. The fourth-order valence-electron chi connectivity index (χ4n) is 3.61. The van der Waals surface area contributed by atoms with Crippen LogP contribution in [0.15, 0.2) is 61.2 Å². The number of hydrogen-bond acceptors (Lipinski definition) is 6. The van der Waals surface area contributed by atoms with Crippen LogP contribution in [0.25, 0.3) is 0 Å². The molecule has 2 aromatic carbocycles. The summed E-state index contributed by atoms with van der Waals surface area (Å²) in [6.07, 6.45) is 5.33. The number of nitrogens with one attached hydrogen (secondary N) is 1. The number of carbonyl (C=O) groups excluding carboxylic acids is 2. The Kier molecular flexibility index (Phi) is 7.71. The fourth-order valence-corrected chi connectivity index (χ4v) is 3.61. The van der Waals surface area contributed by atoms with E-state index in [9.17, 15) is 9.59 Å². The third-order valence-electron chi connectivity index (χ3n) is 5.40. The summed E-state index contributed by atoms with van der Waals surface area (Å²) in [6, 6.07) is 12.6. The molecule has 1 atom stereocenters. The van der Waals surface area contributed by atoms with Gasteiger partial charge in [-0.05, 0) is 49.2 Å². The number of imidazole rings is 1. The molecule has 0 radical (unpaired) electrons.